The van der Waals surface area contributed by atoms with E-state index in [1.807, 2.05) is 0 Å². The summed E-state index contributed by atoms with van der Waals surface area (Å²) in [6.07, 6.45) is -4.48. The Hall–Kier alpha value is -2.83. The first-order valence-corrected chi connectivity index (χ1v) is 6.96. The summed E-state index contributed by atoms with van der Waals surface area (Å²) in [5, 5.41) is 2.33. The number of rotatable bonds is 5. The van der Waals surface area contributed by atoms with Crippen molar-refractivity contribution < 1.29 is 27.5 Å². The second-order valence-electron chi connectivity index (χ2n) is 5.00. The van der Waals surface area contributed by atoms with Crippen LogP contribution in [-0.4, -0.2) is 18.3 Å². The Morgan fingerprint density at radius 3 is 2.46 bits per heavy atom. The molecule has 0 heterocycles. The van der Waals surface area contributed by atoms with Gasteiger partial charge in [0.2, 0.25) is 0 Å². The fourth-order valence-corrected chi connectivity index (χ4v) is 1.92. The fourth-order valence-electron chi connectivity index (χ4n) is 1.92. The van der Waals surface area contributed by atoms with Crippen molar-refractivity contribution in [3.05, 3.63) is 59.7 Å². The van der Waals surface area contributed by atoms with Crippen LogP contribution in [0.1, 0.15) is 22.8 Å². The Kier molecular flexibility index (Phi) is 5.23. The van der Waals surface area contributed by atoms with Crippen LogP contribution in [-0.2, 0) is 11.0 Å². The van der Waals surface area contributed by atoms with E-state index in [0.717, 1.165) is 12.1 Å². The summed E-state index contributed by atoms with van der Waals surface area (Å²) in [5.41, 5.74) is -0.392. The molecule has 1 N–H and O–H groups in total. The molecule has 0 unspecified atom stereocenters. The molecule has 126 valence electrons. The van der Waals surface area contributed by atoms with E-state index in [2.05, 4.69) is 5.32 Å². The van der Waals surface area contributed by atoms with Crippen LogP contribution in [0.3, 0.4) is 0 Å². The summed E-state index contributed by atoms with van der Waals surface area (Å²) < 4.78 is 43.1. The van der Waals surface area contributed by atoms with E-state index in [4.69, 9.17) is 4.74 Å². The third-order valence-corrected chi connectivity index (χ3v) is 3.08. The van der Waals surface area contributed by atoms with Gasteiger partial charge in [-0.3, -0.25) is 9.59 Å². The van der Waals surface area contributed by atoms with Gasteiger partial charge in [0.1, 0.15) is 5.75 Å². The predicted molar refractivity (Wildman–Crippen MR) is 82.0 cm³/mol. The molecule has 0 saturated heterocycles. The van der Waals surface area contributed by atoms with E-state index in [1.165, 1.54) is 25.1 Å². The molecule has 4 nitrogen and oxygen atoms in total. The number of ether oxygens (including phenoxy) is 1. The van der Waals surface area contributed by atoms with E-state index in [9.17, 15) is 22.8 Å². The molecule has 0 aliphatic carbocycles. The fraction of sp³-hybridized carbons (Fsp3) is 0.176. The highest BCUT2D eigenvalue weighted by Gasteiger charge is 2.30. The molecule has 7 heteroatoms. The molecular formula is C17H14F3NO3. The first kappa shape index (κ1) is 17.5. The van der Waals surface area contributed by atoms with Crippen LogP contribution in [0.2, 0.25) is 0 Å². The number of hydrogen-bond acceptors (Lipinski definition) is 3. The number of benzene rings is 2. The van der Waals surface area contributed by atoms with E-state index < -0.39 is 24.3 Å². The number of amides is 1. The van der Waals surface area contributed by atoms with Crippen LogP contribution in [0.15, 0.2) is 48.5 Å². The van der Waals surface area contributed by atoms with Gasteiger partial charge in [-0.2, -0.15) is 13.2 Å². The van der Waals surface area contributed by atoms with Gasteiger partial charge in [0.25, 0.3) is 5.91 Å². The quantitative estimate of drug-likeness (QED) is 0.841. The molecule has 0 fully saturated rings. The van der Waals surface area contributed by atoms with Crippen molar-refractivity contribution in [3.63, 3.8) is 0 Å². The van der Waals surface area contributed by atoms with Gasteiger partial charge in [-0.05, 0) is 37.3 Å². The molecule has 1 amide bonds. The Morgan fingerprint density at radius 2 is 1.79 bits per heavy atom. The number of Topliss-reactive ketones (excluding diaryl/α,β-unsaturated/α-hetero) is 1. The molecule has 0 aliphatic rings. The highest BCUT2D eigenvalue weighted by molar-refractivity contribution is 5.94. The number of ketones is 1. The minimum Gasteiger partial charge on any atom is -0.484 e. The molecule has 24 heavy (non-hydrogen) atoms. The summed E-state index contributed by atoms with van der Waals surface area (Å²) in [4.78, 5) is 23.0. The number of anilines is 1. The number of nitrogens with one attached hydrogen (secondary N) is 1. The maximum atomic E-state index is 12.6. The van der Waals surface area contributed by atoms with E-state index in [0.29, 0.717) is 11.3 Å². The topological polar surface area (TPSA) is 55.4 Å². The van der Waals surface area contributed by atoms with Gasteiger partial charge < -0.3 is 10.1 Å². The number of carbonyl (C=O) groups excluding carboxylic acids is 2. The van der Waals surface area contributed by atoms with E-state index in [1.54, 1.807) is 18.2 Å². The van der Waals surface area contributed by atoms with Crippen LogP contribution < -0.4 is 10.1 Å². The largest absolute Gasteiger partial charge is 0.484 e. The number of hydrogen-bond donors (Lipinski definition) is 1. The molecule has 0 radical (unpaired) electrons. The van der Waals surface area contributed by atoms with E-state index >= 15 is 0 Å². The van der Waals surface area contributed by atoms with Crippen molar-refractivity contribution in [2.24, 2.45) is 0 Å². The minimum atomic E-state index is -4.48. The van der Waals surface area contributed by atoms with Gasteiger partial charge >= 0.3 is 6.18 Å². The SMILES string of the molecule is CC(=O)c1cccc(OCC(=O)Nc2cccc(C(F)(F)F)c2)c1. The average Bonchev–Trinajstić information content (AvgIpc) is 2.52. The lowest BCUT2D eigenvalue weighted by Crippen LogP contribution is -2.20. The second kappa shape index (κ2) is 7.16. The Bertz CT molecular complexity index is 757. The van der Waals surface area contributed by atoms with Crippen molar-refractivity contribution in [1.29, 1.82) is 0 Å². The lowest BCUT2D eigenvalue weighted by atomic mass is 10.1. The van der Waals surface area contributed by atoms with Crippen molar-refractivity contribution >= 4 is 17.4 Å². The molecule has 0 aromatic heterocycles. The highest BCUT2D eigenvalue weighted by atomic mass is 19.4. The van der Waals surface area contributed by atoms with Gasteiger partial charge in [0.15, 0.2) is 12.4 Å². The first-order chi connectivity index (χ1) is 11.3. The summed E-state index contributed by atoms with van der Waals surface area (Å²) >= 11 is 0. The monoisotopic (exact) mass is 337 g/mol. The standard InChI is InChI=1S/C17H14F3NO3/c1-11(22)12-4-2-7-15(8-12)24-10-16(23)21-14-6-3-5-13(9-14)17(18,19)20/h2-9H,10H2,1H3,(H,21,23). The molecule has 0 bridgehead atoms. The summed E-state index contributed by atoms with van der Waals surface area (Å²) in [6, 6.07) is 10.6. The van der Waals surface area contributed by atoms with Gasteiger partial charge in [-0.1, -0.05) is 18.2 Å². The van der Waals surface area contributed by atoms with Gasteiger partial charge in [0, 0.05) is 11.3 Å². The zero-order valence-corrected chi connectivity index (χ0v) is 12.7. The smallest absolute Gasteiger partial charge is 0.416 e. The Labute approximate surface area is 136 Å². The zero-order valence-electron chi connectivity index (χ0n) is 12.7. The minimum absolute atomic E-state index is 0.0240. The summed E-state index contributed by atoms with van der Waals surface area (Å²) in [6.45, 7) is 1.01. The molecule has 2 rings (SSSR count). The van der Waals surface area contributed by atoms with Gasteiger partial charge in [0.05, 0.1) is 5.56 Å². The Balaban J connectivity index is 1.97. The van der Waals surface area contributed by atoms with Crippen molar-refractivity contribution in [3.8, 4) is 5.75 Å². The molecule has 0 atom stereocenters. The van der Waals surface area contributed by atoms with Crippen molar-refractivity contribution in [2.75, 3.05) is 11.9 Å². The van der Waals surface area contributed by atoms with Gasteiger partial charge in [-0.15, -0.1) is 0 Å². The van der Waals surface area contributed by atoms with Crippen LogP contribution in [0.25, 0.3) is 0 Å². The van der Waals surface area contributed by atoms with Gasteiger partial charge in [-0.25, -0.2) is 0 Å². The molecular weight excluding hydrogens is 323 g/mol. The lowest BCUT2D eigenvalue weighted by molar-refractivity contribution is -0.137. The van der Waals surface area contributed by atoms with Crippen LogP contribution >= 0.6 is 0 Å². The summed E-state index contributed by atoms with van der Waals surface area (Å²) in [7, 11) is 0. The molecule has 0 spiro atoms. The van der Waals surface area contributed by atoms with Crippen molar-refractivity contribution in [2.45, 2.75) is 13.1 Å². The third kappa shape index (κ3) is 4.84. The van der Waals surface area contributed by atoms with Crippen molar-refractivity contribution in [1.82, 2.24) is 0 Å². The second-order valence-corrected chi connectivity index (χ2v) is 5.00. The zero-order chi connectivity index (χ0) is 17.7. The van der Waals surface area contributed by atoms with E-state index in [-0.39, 0.29) is 11.5 Å². The normalized spacial score (nSPS) is 11.0. The van der Waals surface area contributed by atoms with Crippen LogP contribution in [0.4, 0.5) is 18.9 Å². The number of alkyl halides is 3. The maximum absolute atomic E-state index is 12.6. The van der Waals surface area contributed by atoms with Crippen LogP contribution in [0.5, 0.6) is 5.75 Å². The highest BCUT2D eigenvalue weighted by Crippen LogP contribution is 2.30. The summed E-state index contributed by atoms with van der Waals surface area (Å²) in [5.74, 6) is -0.432. The predicted octanol–water partition coefficient (Wildman–Crippen LogP) is 3.93. The number of carbonyl (C=O) groups is 2. The first-order valence-electron chi connectivity index (χ1n) is 6.96. The molecule has 0 saturated carbocycles. The Morgan fingerprint density at radius 1 is 1.08 bits per heavy atom. The third-order valence-electron chi connectivity index (χ3n) is 3.08. The lowest BCUT2D eigenvalue weighted by Gasteiger charge is -2.10. The maximum Gasteiger partial charge on any atom is 0.416 e. The van der Waals surface area contributed by atoms with Crippen LogP contribution in [0, 0.1) is 0 Å². The average molecular weight is 337 g/mol. The number of halogens is 3. The molecule has 0 aliphatic heterocycles. The molecule has 2 aromatic rings. The molecule has 2 aromatic carbocycles.